The summed E-state index contributed by atoms with van der Waals surface area (Å²) in [7, 11) is 0. The molecule has 0 fully saturated rings. The van der Waals surface area contributed by atoms with Gasteiger partial charge in [0.05, 0.1) is 0 Å². The van der Waals surface area contributed by atoms with Gasteiger partial charge in [-0.2, -0.15) is 5.26 Å². The highest BCUT2D eigenvalue weighted by Gasteiger charge is 2.11. The van der Waals surface area contributed by atoms with Crippen LogP contribution in [0.25, 0.3) is 11.3 Å². The summed E-state index contributed by atoms with van der Waals surface area (Å²) in [6.45, 7) is 0. The molecule has 106 valence electrons. The third kappa shape index (κ3) is 3.08. The van der Waals surface area contributed by atoms with E-state index in [4.69, 9.17) is 16.0 Å². The van der Waals surface area contributed by atoms with Crippen LogP contribution in [-0.4, -0.2) is 6.21 Å². The standard InChI is InChI=1S/C18H11ClN2O/c19-16-8-6-13(7-9-16)12-21-18-15(11-20)10-17(22-18)14-4-2-1-3-5-14/h1-10,12H/b21-12+. The van der Waals surface area contributed by atoms with E-state index >= 15 is 0 Å². The van der Waals surface area contributed by atoms with Crippen molar-refractivity contribution in [2.75, 3.05) is 0 Å². The second-order valence-corrected chi connectivity index (χ2v) is 5.05. The van der Waals surface area contributed by atoms with E-state index in [2.05, 4.69) is 11.1 Å². The molecule has 0 atom stereocenters. The third-order valence-electron chi connectivity index (χ3n) is 3.09. The highest BCUT2D eigenvalue weighted by Crippen LogP contribution is 2.30. The minimum absolute atomic E-state index is 0.302. The Morgan fingerprint density at radius 3 is 2.45 bits per heavy atom. The van der Waals surface area contributed by atoms with Crippen LogP contribution in [0.5, 0.6) is 0 Å². The number of nitriles is 1. The Balaban J connectivity index is 1.92. The van der Waals surface area contributed by atoms with E-state index in [-0.39, 0.29) is 0 Å². The van der Waals surface area contributed by atoms with Gasteiger partial charge in [0.25, 0.3) is 0 Å². The van der Waals surface area contributed by atoms with Crippen molar-refractivity contribution in [1.82, 2.24) is 0 Å². The summed E-state index contributed by atoms with van der Waals surface area (Å²) in [5.41, 5.74) is 2.20. The van der Waals surface area contributed by atoms with Crippen molar-refractivity contribution in [2.45, 2.75) is 0 Å². The summed E-state index contributed by atoms with van der Waals surface area (Å²) in [5.74, 6) is 0.928. The molecular weight excluding hydrogens is 296 g/mol. The van der Waals surface area contributed by atoms with E-state index in [1.54, 1.807) is 24.4 Å². The molecule has 0 saturated carbocycles. The van der Waals surface area contributed by atoms with Gasteiger partial charge in [0, 0.05) is 22.9 Å². The highest BCUT2D eigenvalue weighted by atomic mass is 35.5. The minimum Gasteiger partial charge on any atom is -0.437 e. The average Bonchev–Trinajstić information content (AvgIpc) is 2.98. The fourth-order valence-electron chi connectivity index (χ4n) is 1.98. The molecule has 0 N–H and O–H groups in total. The molecule has 1 aromatic heterocycles. The van der Waals surface area contributed by atoms with Gasteiger partial charge >= 0.3 is 0 Å². The summed E-state index contributed by atoms with van der Waals surface area (Å²) in [6, 6.07) is 20.7. The first-order chi connectivity index (χ1) is 10.8. The Labute approximate surface area is 133 Å². The molecule has 0 amide bonds. The van der Waals surface area contributed by atoms with Crippen molar-refractivity contribution in [1.29, 1.82) is 5.26 Å². The van der Waals surface area contributed by atoms with Crippen LogP contribution in [0.2, 0.25) is 5.02 Å². The predicted molar refractivity (Wildman–Crippen MR) is 87.6 cm³/mol. The van der Waals surface area contributed by atoms with E-state index in [9.17, 15) is 5.26 Å². The normalized spacial score (nSPS) is 10.7. The Morgan fingerprint density at radius 2 is 1.77 bits per heavy atom. The van der Waals surface area contributed by atoms with Crippen molar-refractivity contribution < 1.29 is 4.42 Å². The number of furan rings is 1. The van der Waals surface area contributed by atoms with Crippen LogP contribution in [0.15, 0.2) is 70.1 Å². The van der Waals surface area contributed by atoms with Gasteiger partial charge in [-0.15, -0.1) is 0 Å². The van der Waals surface area contributed by atoms with Crippen molar-refractivity contribution in [3.8, 4) is 17.4 Å². The number of rotatable bonds is 3. The molecule has 0 aliphatic rings. The van der Waals surface area contributed by atoms with E-state index in [0.717, 1.165) is 11.1 Å². The first kappa shape index (κ1) is 14.1. The van der Waals surface area contributed by atoms with Gasteiger partial charge in [0.2, 0.25) is 5.88 Å². The molecular formula is C18H11ClN2O. The number of halogens is 1. The fraction of sp³-hybridized carbons (Fsp3) is 0. The van der Waals surface area contributed by atoms with Gasteiger partial charge in [-0.05, 0) is 17.7 Å². The zero-order valence-corrected chi connectivity index (χ0v) is 12.3. The van der Waals surface area contributed by atoms with E-state index in [1.165, 1.54) is 0 Å². The van der Waals surface area contributed by atoms with Gasteiger partial charge < -0.3 is 4.42 Å². The van der Waals surface area contributed by atoms with E-state index in [1.807, 2.05) is 42.5 Å². The number of aliphatic imine (C=N–C) groups is 1. The third-order valence-corrected chi connectivity index (χ3v) is 3.34. The van der Waals surface area contributed by atoms with Crippen molar-refractivity contribution in [3.63, 3.8) is 0 Å². The first-order valence-corrected chi connectivity index (χ1v) is 7.03. The molecule has 3 rings (SSSR count). The second-order valence-electron chi connectivity index (χ2n) is 4.62. The van der Waals surface area contributed by atoms with E-state index < -0.39 is 0 Å². The largest absolute Gasteiger partial charge is 0.437 e. The van der Waals surface area contributed by atoms with Crippen LogP contribution in [0.4, 0.5) is 5.88 Å². The molecule has 0 aliphatic carbocycles. The molecule has 1 heterocycles. The van der Waals surface area contributed by atoms with Crippen molar-refractivity contribution in [2.24, 2.45) is 4.99 Å². The maximum absolute atomic E-state index is 9.21. The molecule has 2 aromatic carbocycles. The van der Waals surface area contributed by atoms with Crippen molar-refractivity contribution in [3.05, 3.63) is 76.8 Å². The molecule has 0 aliphatic heterocycles. The summed E-state index contributed by atoms with van der Waals surface area (Å²) in [4.78, 5) is 4.27. The van der Waals surface area contributed by atoms with E-state index in [0.29, 0.717) is 22.2 Å². The molecule has 3 nitrogen and oxygen atoms in total. The summed E-state index contributed by atoms with van der Waals surface area (Å²) >= 11 is 5.84. The zero-order valence-electron chi connectivity index (χ0n) is 11.5. The average molecular weight is 307 g/mol. The maximum atomic E-state index is 9.21. The summed E-state index contributed by atoms with van der Waals surface area (Å²) < 4.78 is 5.69. The zero-order chi connectivity index (χ0) is 15.4. The van der Waals surface area contributed by atoms with Gasteiger partial charge in [0.15, 0.2) is 0 Å². The van der Waals surface area contributed by atoms with Gasteiger partial charge in [0.1, 0.15) is 17.4 Å². The summed E-state index contributed by atoms with van der Waals surface area (Å²) in [6.07, 6.45) is 1.64. The molecule has 0 spiro atoms. The molecule has 0 saturated heterocycles. The molecule has 3 aromatic rings. The quantitative estimate of drug-likeness (QED) is 0.623. The minimum atomic E-state index is 0.302. The smallest absolute Gasteiger partial charge is 0.237 e. The molecule has 0 radical (unpaired) electrons. The Bertz CT molecular complexity index is 843. The van der Waals surface area contributed by atoms with Gasteiger partial charge in [-0.3, -0.25) is 0 Å². The highest BCUT2D eigenvalue weighted by molar-refractivity contribution is 6.30. The molecule has 4 heteroatoms. The van der Waals surface area contributed by atoms with Crippen LogP contribution < -0.4 is 0 Å². The lowest BCUT2D eigenvalue weighted by molar-refractivity contribution is 0.592. The predicted octanol–water partition coefficient (Wildman–Crippen LogP) is 5.22. The van der Waals surface area contributed by atoms with Crippen LogP contribution in [0.1, 0.15) is 11.1 Å². The molecule has 22 heavy (non-hydrogen) atoms. The fourth-order valence-corrected chi connectivity index (χ4v) is 2.11. The summed E-state index contributed by atoms with van der Waals surface area (Å²) in [5, 5.41) is 9.88. The SMILES string of the molecule is N#Cc1cc(-c2ccccc2)oc1/N=C/c1ccc(Cl)cc1. The topological polar surface area (TPSA) is 49.3 Å². The van der Waals surface area contributed by atoms with Gasteiger partial charge in [-0.25, -0.2) is 4.99 Å². The maximum Gasteiger partial charge on any atom is 0.237 e. The number of hydrogen-bond acceptors (Lipinski definition) is 3. The Morgan fingerprint density at radius 1 is 1.05 bits per heavy atom. The first-order valence-electron chi connectivity index (χ1n) is 6.65. The molecule has 0 unspecified atom stereocenters. The van der Waals surface area contributed by atoms with Crippen LogP contribution >= 0.6 is 11.6 Å². The number of benzene rings is 2. The van der Waals surface area contributed by atoms with Crippen molar-refractivity contribution >= 4 is 23.7 Å². The lowest BCUT2D eigenvalue weighted by atomic mass is 10.1. The second kappa shape index (κ2) is 6.30. The Kier molecular flexibility index (Phi) is 4.04. The Hall–Kier alpha value is -2.83. The monoisotopic (exact) mass is 306 g/mol. The lowest BCUT2D eigenvalue weighted by Gasteiger charge is -1.94. The number of nitrogens with zero attached hydrogens (tertiary/aromatic N) is 2. The van der Waals surface area contributed by atoms with Crippen LogP contribution in [-0.2, 0) is 0 Å². The molecule has 0 bridgehead atoms. The lowest BCUT2D eigenvalue weighted by Crippen LogP contribution is -1.79. The van der Waals surface area contributed by atoms with Gasteiger partial charge in [-0.1, -0.05) is 54.1 Å². The number of hydrogen-bond donors (Lipinski definition) is 0. The van der Waals surface area contributed by atoms with Crippen LogP contribution in [0.3, 0.4) is 0 Å². The van der Waals surface area contributed by atoms with Crippen LogP contribution in [0, 0.1) is 11.3 Å².